The topological polar surface area (TPSA) is 45.7 Å². The smallest absolute Gasteiger partial charge is 0.191 e. The second-order valence-electron chi connectivity index (χ2n) is 4.62. The van der Waals surface area contributed by atoms with Gasteiger partial charge in [-0.3, -0.25) is 4.99 Å². The van der Waals surface area contributed by atoms with Gasteiger partial charge >= 0.3 is 0 Å². The number of benzene rings is 1. The number of hydrogen-bond donors (Lipinski definition) is 2. The molecule has 0 radical (unpaired) electrons. The first-order valence-corrected chi connectivity index (χ1v) is 6.44. The molecule has 4 nitrogen and oxygen atoms in total. The Kier molecular flexibility index (Phi) is 6.97. The molecule has 0 bridgehead atoms. The van der Waals surface area contributed by atoms with E-state index in [1.165, 1.54) is 6.42 Å². The lowest BCUT2D eigenvalue weighted by atomic mass is 10.3. The predicted octanol–water partition coefficient (Wildman–Crippen LogP) is 2.26. The number of ether oxygens (including phenoxy) is 1. The summed E-state index contributed by atoms with van der Waals surface area (Å²) >= 11 is 0. The minimum atomic E-state index is 0. The SMILES string of the molecule is CN=C(NCCOc1ccccc1)NC1CC1C.I. The Hall–Kier alpha value is -0.980. The normalized spacial score (nSPS) is 21.3. The van der Waals surface area contributed by atoms with Crippen LogP contribution >= 0.6 is 24.0 Å². The van der Waals surface area contributed by atoms with E-state index in [0.29, 0.717) is 12.6 Å². The van der Waals surface area contributed by atoms with E-state index in [-0.39, 0.29) is 24.0 Å². The summed E-state index contributed by atoms with van der Waals surface area (Å²) < 4.78 is 5.60. The van der Waals surface area contributed by atoms with Crippen molar-refractivity contribution < 1.29 is 4.74 Å². The van der Waals surface area contributed by atoms with Gasteiger partial charge in [0.1, 0.15) is 12.4 Å². The monoisotopic (exact) mass is 375 g/mol. The van der Waals surface area contributed by atoms with E-state index in [4.69, 9.17) is 4.74 Å². The number of rotatable bonds is 5. The third-order valence-corrected chi connectivity index (χ3v) is 3.06. The fourth-order valence-corrected chi connectivity index (χ4v) is 1.75. The van der Waals surface area contributed by atoms with E-state index in [1.807, 2.05) is 30.3 Å². The van der Waals surface area contributed by atoms with Crippen molar-refractivity contribution in [3.8, 4) is 5.75 Å². The van der Waals surface area contributed by atoms with Gasteiger partial charge in [-0.15, -0.1) is 24.0 Å². The molecular weight excluding hydrogens is 353 g/mol. The van der Waals surface area contributed by atoms with Gasteiger partial charge in [-0.25, -0.2) is 0 Å². The van der Waals surface area contributed by atoms with Crippen molar-refractivity contribution in [3.63, 3.8) is 0 Å². The molecule has 2 rings (SSSR count). The number of guanidine groups is 1. The maximum atomic E-state index is 5.60. The van der Waals surface area contributed by atoms with E-state index >= 15 is 0 Å². The quantitative estimate of drug-likeness (QED) is 0.359. The van der Waals surface area contributed by atoms with Crippen LogP contribution in [0.3, 0.4) is 0 Å². The Balaban J connectivity index is 0.00000180. The number of para-hydroxylation sites is 1. The fourth-order valence-electron chi connectivity index (χ4n) is 1.75. The van der Waals surface area contributed by atoms with Crippen molar-refractivity contribution in [2.45, 2.75) is 19.4 Å². The third kappa shape index (κ3) is 5.67. The van der Waals surface area contributed by atoms with Gasteiger partial charge < -0.3 is 15.4 Å². The number of hydrogen-bond acceptors (Lipinski definition) is 2. The highest BCUT2D eigenvalue weighted by Gasteiger charge is 2.33. The van der Waals surface area contributed by atoms with Crippen molar-refractivity contribution >= 4 is 29.9 Å². The summed E-state index contributed by atoms with van der Waals surface area (Å²) in [5.74, 6) is 2.53. The predicted molar refractivity (Wildman–Crippen MR) is 89.4 cm³/mol. The second-order valence-corrected chi connectivity index (χ2v) is 4.62. The maximum absolute atomic E-state index is 5.60. The molecule has 1 saturated carbocycles. The van der Waals surface area contributed by atoms with Gasteiger partial charge in [-0.05, 0) is 24.5 Å². The molecule has 1 aliphatic rings. The Morgan fingerprint density at radius 1 is 1.37 bits per heavy atom. The minimum Gasteiger partial charge on any atom is -0.492 e. The van der Waals surface area contributed by atoms with Gasteiger partial charge in [0, 0.05) is 13.1 Å². The largest absolute Gasteiger partial charge is 0.492 e. The zero-order chi connectivity index (χ0) is 12.8. The highest BCUT2D eigenvalue weighted by molar-refractivity contribution is 14.0. The molecule has 106 valence electrons. The van der Waals surface area contributed by atoms with Crippen LogP contribution in [0, 0.1) is 5.92 Å². The van der Waals surface area contributed by atoms with Crippen molar-refractivity contribution in [2.75, 3.05) is 20.2 Å². The molecule has 1 fully saturated rings. The minimum absolute atomic E-state index is 0. The van der Waals surface area contributed by atoms with Crippen LogP contribution in [0.15, 0.2) is 35.3 Å². The molecular formula is C14H22IN3O. The molecule has 2 N–H and O–H groups in total. The molecule has 19 heavy (non-hydrogen) atoms. The average Bonchev–Trinajstić information content (AvgIpc) is 3.10. The molecule has 0 heterocycles. The lowest BCUT2D eigenvalue weighted by Gasteiger charge is -2.12. The van der Waals surface area contributed by atoms with E-state index in [1.54, 1.807) is 7.05 Å². The molecule has 1 aromatic carbocycles. The van der Waals surface area contributed by atoms with Crippen LogP contribution < -0.4 is 15.4 Å². The van der Waals surface area contributed by atoms with Crippen molar-refractivity contribution in [2.24, 2.45) is 10.9 Å². The Labute approximate surface area is 132 Å². The van der Waals surface area contributed by atoms with Gasteiger partial charge in [0.15, 0.2) is 5.96 Å². The lowest BCUT2D eigenvalue weighted by molar-refractivity contribution is 0.322. The molecule has 0 amide bonds. The van der Waals surface area contributed by atoms with E-state index in [9.17, 15) is 0 Å². The van der Waals surface area contributed by atoms with Crippen LogP contribution in [0.1, 0.15) is 13.3 Å². The van der Waals surface area contributed by atoms with E-state index in [2.05, 4.69) is 22.5 Å². The first kappa shape index (κ1) is 16.1. The van der Waals surface area contributed by atoms with Crippen LogP contribution in [-0.2, 0) is 0 Å². The van der Waals surface area contributed by atoms with Crippen LogP contribution in [0.25, 0.3) is 0 Å². The van der Waals surface area contributed by atoms with Gasteiger partial charge in [-0.1, -0.05) is 25.1 Å². The van der Waals surface area contributed by atoms with E-state index in [0.717, 1.165) is 24.2 Å². The van der Waals surface area contributed by atoms with Crippen molar-refractivity contribution in [1.29, 1.82) is 0 Å². The molecule has 0 spiro atoms. The van der Waals surface area contributed by atoms with Crippen molar-refractivity contribution in [3.05, 3.63) is 30.3 Å². The fraction of sp³-hybridized carbons (Fsp3) is 0.500. The summed E-state index contributed by atoms with van der Waals surface area (Å²) in [6, 6.07) is 10.4. The first-order valence-electron chi connectivity index (χ1n) is 6.44. The number of nitrogens with zero attached hydrogens (tertiary/aromatic N) is 1. The zero-order valence-corrected chi connectivity index (χ0v) is 13.8. The number of halogens is 1. The summed E-state index contributed by atoms with van der Waals surface area (Å²) in [6.07, 6.45) is 1.24. The summed E-state index contributed by atoms with van der Waals surface area (Å²) in [4.78, 5) is 4.19. The van der Waals surface area contributed by atoms with Gasteiger partial charge in [0.2, 0.25) is 0 Å². The Morgan fingerprint density at radius 3 is 2.63 bits per heavy atom. The highest BCUT2D eigenvalue weighted by Crippen LogP contribution is 2.28. The first-order chi connectivity index (χ1) is 8.79. The van der Waals surface area contributed by atoms with Gasteiger partial charge in [-0.2, -0.15) is 0 Å². The van der Waals surface area contributed by atoms with Crippen molar-refractivity contribution in [1.82, 2.24) is 10.6 Å². The Bertz CT molecular complexity index is 397. The van der Waals surface area contributed by atoms with Crippen LogP contribution in [0.4, 0.5) is 0 Å². The number of nitrogens with one attached hydrogen (secondary N) is 2. The van der Waals surface area contributed by atoms with E-state index < -0.39 is 0 Å². The molecule has 1 aromatic rings. The van der Waals surface area contributed by atoms with Crippen LogP contribution in [-0.4, -0.2) is 32.2 Å². The maximum Gasteiger partial charge on any atom is 0.191 e. The summed E-state index contributed by atoms with van der Waals surface area (Å²) in [6.45, 7) is 3.62. The summed E-state index contributed by atoms with van der Waals surface area (Å²) in [5.41, 5.74) is 0. The molecule has 0 aromatic heterocycles. The number of aliphatic imine (C=N–C) groups is 1. The summed E-state index contributed by atoms with van der Waals surface area (Å²) in [7, 11) is 1.79. The second kappa shape index (κ2) is 8.24. The lowest BCUT2D eigenvalue weighted by Crippen LogP contribution is -2.40. The van der Waals surface area contributed by atoms with Gasteiger partial charge in [0.25, 0.3) is 0 Å². The molecule has 2 unspecified atom stereocenters. The average molecular weight is 375 g/mol. The van der Waals surface area contributed by atoms with Gasteiger partial charge in [0.05, 0.1) is 6.54 Å². The summed E-state index contributed by atoms with van der Waals surface area (Å²) in [5, 5.41) is 6.62. The highest BCUT2D eigenvalue weighted by atomic mass is 127. The molecule has 0 aliphatic heterocycles. The van der Waals surface area contributed by atoms with Crippen LogP contribution in [0.5, 0.6) is 5.75 Å². The third-order valence-electron chi connectivity index (χ3n) is 3.06. The zero-order valence-electron chi connectivity index (χ0n) is 11.4. The Morgan fingerprint density at radius 2 is 2.05 bits per heavy atom. The molecule has 0 saturated heterocycles. The molecule has 5 heteroatoms. The molecule has 1 aliphatic carbocycles. The standard InChI is InChI=1S/C14H21N3O.HI/c1-11-10-13(11)17-14(15-2)16-8-9-18-12-6-4-3-5-7-12;/h3-7,11,13H,8-10H2,1-2H3,(H2,15,16,17);1H. The molecule has 2 atom stereocenters. The van der Waals surface area contributed by atoms with Crippen LogP contribution in [0.2, 0.25) is 0 Å².